The quantitative estimate of drug-likeness (QED) is 0.811. The summed E-state index contributed by atoms with van der Waals surface area (Å²) in [5.74, 6) is -1.74. The molecule has 1 aliphatic rings. The number of nitrogens with zero attached hydrogens (tertiary/aromatic N) is 1. The number of amides is 1. The zero-order valence-corrected chi connectivity index (χ0v) is 11.5. The van der Waals surface area contributed by atoms with E-state index >= 15 is 0 Å². The fourth-order valence-corrected chi connectivity index (χ4v) is 2.49. The molecule has 0 aromatic carbocycles. The van der Waals surface area contributed by atoms with Crippen LogP contribution in [0.25, 0.3) is 0 Å². The number of aliphatic hydroxyl groups excluding tert-OH is 1. The lowest BCUT2D eigenvalue weighted by molar-refractivity contribution is -0.161. The molecule has 1 aliphatic heterocycles. The Labute approximate surface area is 123 Å². The van der Waals surface area contributed by atoms with Gasteiger partial charge in [0.2, 0.25) is 0 Å². The Bertz CT molecular complexity index is 582. The van der Waals surface area contributed by atoms with E-state index in [1.54, 1.807) is 0 Å². The highest BCUT2D eigenvalue weighted by molar-refractivity contribution is 5.94. The second-order valence-corrected chi connectivity index (χ2v) is 5.13. The molecule has 9 heteroatoms. The molecule has 0 radical (unpaired) electrons. The van der Waals surface area contributed by atoms with Crippen molar-refractivity contribution in [1.29, 1.82) is 0 Å². The van der Waals surface area contributed by atoms with E-state index in [1.165, 1.54) is 0 Å². The molecular formula is C13H15F3N2O4. The van der Waals surface area contributed by atoms with Gasteiger partial charge in [0.25, 0.3) is 5.91 Å². The van der Waals surface area contributed by atoms with Gasteiger partial charge in [-0.05, 0) is 6.07 Å². The van der Waals surface area contributed by atoms with E-state index < -0.39 is 41.5 Å². The monoisotopic (exact) mass is 320 g/mol. The molecule has 3 N–H and O–H groups in total. The summed E-state index contributed by atoms with van der Waals surface area (Å²) < 4.78 is 44.9. The van der Waals surface area contributed by atoms with Crippen molar-refractivity contribution in [3.05, 3.63) is 23.5 Å². The molecule has 1 aromatic heterocycles. The molecule has 2 unspecified atom stereocenters. The highest BCUT2D eigenvalue weighted by Gasteiger charge is 2.38. The summed E-state index contributed by atoms with van der Waals surface area (Å²) in [6, 6.07) is 1.01. The largest absolute Gasteiger partial charge is 0.462 e. The van der Waals surface area contributed by atoms with E-state index in [0.29, 0.717) is 0 Å². The number of aliphatic hydroxyl groups is 1. The van der Waals surface area contributed by atoms with Gasteiger partial charge in [-0.3, -0.25) is 9.59 Å². The van der Waals surface area contributed by atoms with Crippen molar-refractivity contribution in [2.24, 2.45) is 5.73 Å². The van der Waals surface area contributed by atoms with Crippen LogP contribution >= 0.6 is 0 Å². The van der Waals surface area contributed by atoms with Crippen LogP contribution in [0.1, 0.15) is 35.3 Å². The minimum absolute atomic E-state index is 0.0960. The topological polar surface area (TPSA) is 94.5 Å². The summed E-state index contributed by atoms with van der Waals surface area (Å²) >= 11 is 0. The summed E-state index contributed by atoms with van der Waals surface area (Å²) in [5, 5.41) is 9.46. The van der Waals surface area contributed by atoms with Gasteiger partial charge in [0.05, 0.1) is 18.1 Å². The van der Waals surface area contributed by atoms with Crippen molar-refractivity contribution in [3.63, 3.8) is 0 Å². The molecule has 0 bridgehead atoms. The number of cyclic esters (lactones) is 1. The second kappa shape index (κ2) is 5.99. The maximum absolute atomic E-state index is 13.0. The van der Waals surface area contributed by atoms with Gasteiger partial charge >= 0.3 is 12.1 Å². The smallest absolute Gasteiger partial charge is 0.432 e. The van der Waals surface area contributed by atoms with Crippen LogP contribution in [0.15, 0.2) is 12.3 Å². The van der Waals surface area contributed by atoms with Crippen LogP contribution in [-0.4, -0.2) is 33.8 Å². The summed E-state index contributed by atoms with van der Waals surface area (Å²) in [4.78, 5) is 22.3. The van der Waals surface area contributed by atoms with Gasteiger partial charge in [-0.2, -0.15) is 13.2 Å². The Kier molecular flexibility index (Phi) is 4.45. The molecule has 1 aromatic rings. The predicted octanol–water partition coefficient (Wildman–Crippen LogP) is 1.06. The molecule has 0 saturated carbocycles. The number of aryl methyl sites for hydroxylation is 1. The summed E-state index contributed by atoms with van der Waals surface area (Å²) in [6.45, 7) is -0.118. The maximum atomic E-state index is 13.0. The fourth-order valence-electron chi connectivity index (χ4n) is 2.49. The van der Waals surface area contributed by atoms with Crippen molar-refractivity contribution < 1.29 is 32.6 Å². The summed E-state index contributed by atoms with van der Waals surface area (Å²) in [7, 11) is 0. The van der Waals surface area contributed by atoms with Gasteiger partial charge in [0.1, 0.15) is 11.8 Å². The first kappa shape index (κ1) is 16.3. The van der Waals surface area contributed by atoms with Crippen molar-refractivity contribution in [2.45, 2.75) is 44.2 Å². The average molecular weight is 320 g/mol. The molecule has 0 spiro atoms. The SMILES string of the molecule is NC(=O)c1ccn(CCC2CC(O)CC(=O)O2)c1C(F)(F)F. The second-order valence-electron chi connectivity index (χ2n) is 5.13. The number of carbonyl (C=O) groups is 2. The molecule has 2 atom stereocenters. The molecule has 1 amide bonds. The van der Waals surface area contributed by atoms with E-state index in [9.17, 15) is 27.9 Å². The number of nitrogens with two attached hydrogens (primary N) is 1. The van der Waals surface area contributed by atoms with Crippen LogP contribution in [0.5, 0.6) is 0 Å². The Morgan fingerprint density at radius 1 is 1.50 bits per heavy atom. The van der Waals surface area contributed by atoms with Crippen molar-refractivity contribution in [2.75, 3.05) is 0 Å². The molecule has 2 rings (SSSR count). The standard InChI is InChI=1S/C13H15F3N2O4/c14-13(15,16)11-9(12(17)21)2-4-18(11)3-1-8-5-7(19)6-10(20)22-8/h2,4,7-8,19H,1,3,5-6H2,(H2,17,21). The van der Waals surface area contributed by atoms with Crippen LogP contribution in [0, 0.1) is 0 Å². The lowest BCUT2D eigenvalue weighted by Crippen LogP contribution is -2.33. The van der Waals surface area contributed by atoms with Crippen molar-refractivity contribution in [3.8, 4) is 0 Å². The lowest BCUT2D eigenvalue weighted by Gasteiger charge is -2.26. The number of carbonyl (C=O) groups excluding carboxylic acids is 2. The first-order valence-electron chi connectivity index (χ1n) is 6.62. The average Bonchev–Trinajstić information content (AvgIpc) is 2.79. The third-order valence-electron chi connectivity index (χ3n) is 3.42. The highest BCUT2D eigenvalue weighted by atomic mass is 19.4. The number of hydrogen-bond acceptors (Lipinski definition) is 4. The van der Waals surface area contributed by atoms with E-state index in [0.717, 1.165) is 16.8 Å². The number of hydrogen-bond donors (Lipinski definition) is 2. The van der Waals surface area contributed by atoms with Crippen LogP contribution < -0.4 is 5.73 Å². The minimum atomic E-state index is -4.73. The number of rotatable bonds is 4. The number of primary amides is 1. The van der Waals surface area contributed by atoms with E-state index in [1.807, 2.05) is 0 Å². The van der Waals surface area contributed by atoms with E-state index in [4.69, 9.17) is 10.5 Å². The third kappa shape index (κ3) is 3.59. The molecule has 22 heavy (non-hydrogen) atoms. The highest BCUT2D eigenvalue weighted by Crippen LogP contribution is 2.33. The van der Waals surface area contributed by atoms with Gasteiger partial charge in [0, 0.05) is 25.6 Å². The number of alkyl halides is 3. The van der Waals surface area contributed by atoms with Gasteiger partial charge in [-0.15, -0.1) is 0 Å². The van der Waals surface area contributed by atoms with Gasteiger partial charge in [-0.1, -0.05) is 0 Å². The zero-order valence-electron chi connectivity index (χ0n) is 11.5. The lowest BCUT2D eigenvalue weighted by atomic mass is 10.0. The molecule has 0 aliphatic carbocycles. The van der Waals surface area contributed by atoms with Crippen LogP contribution in [0.2, 0.25) is 0 Å². The molecule has 1 fully saturated rings. The molecule has 122 valence electrons. The van der Waals surface area contributed by atoms with Crippen LogP contribution in [0.3, 0.4) is 0 Å². The predicted molar refractivity (Wildman–Crippen MR) is 67.7 cm³/mol. The first-order valence-corrected chi connectivity index (χ1v) is 6.62. The minimum Gasteiger partial charge on any atom is -0.462 e. The number of esters is 1. The van der Waals surface area contributed by atoms with E-state index in [2.05, 4.69) is 0 Å². The fraction of sp³-hybridized carbons (Fsp3) is 0.538. The van der Waals surface area contributed by atoms with Gasteiger partial charge < -0.3 is 20.1 Å². The van der Waals surface area contributed by atoms with Crippen LogP contribution in [-0.2, 0) is 22.3 Å². The Balaban J connectivity index is 2.13. The number of halogens is 3. The summed E-state index contributed by atoms with van der Waals surface area (Å²) in [6.07, 6.45) is -4.95. The van der Waals surface area contributed by atoms with E-state index in [-0.39, 0.29) is 25.8 Å². The number of aromatic nitrogens is 1. The molecule has 6 nitrogen and oxygen atoms in total. The van der Waals surface area contributed by atoms with Gasteiger partial charge in [-0.25, -0.2) is 0 Å². The van der Waals surface area contributed by atoms with Crippen LogP contribution in [0.4, 0.5) is 13.2 Å². The Morgan fingerprint density at radius 2 is 2.18 bits per heavy atom. The van der Waals surface area contributed by atoms with Crippen molar-refractivity contribution >= 4 is 11.9 Å². The summed E-state index contributed by atoms with van der Waals surface area (Å²) in [5.41, 5.74) is 3.22. The molecule has 2 heterocycles. The Hall–Kier alpha value is -2.03. The first-order chi connectivity index (χ1) is 10.2. The van der Waals surface area contributed by atoms with Crippen molar-refractivity contribution in [1.82, 2.24) is 4.57 Å². The van der Waals surface area contributed by atoms with Gasteiger partial charge in [0.15, 0.2) is 0 Å². The third-order valence-corrected chi connectivity index (χ3v) is 3.42. The zero-order chi connectivity index (χ0) is 16.5. The normalized spacial score (nSPS) is 22.5. The molecule has 1 saturated heterocycles. The molecular weight excluding hydrogens is 305 g/mol. The Morgan fingerprint density at radius 3 is 2.73 bits per heavy atom. The maximum Gasteiger partial charge on any atom is 0.432 e. The number of ether oxygens (including phenoxy) is 1.